The van der Waals surface area contributed by atoms with Crippen LogP contribution in [0.2, 0.25) is 0 Å². The van der Waals surface area contributed by atoms with Crippen LogP contribution in [0.3, 0.4) is 0 Å². The molecule has 0 saturated carbocycles. The summed E-state index contributed by atoms with van der Waals surface area (Å²) in [6.45, 7) is 5.17. The molecule has 0 radical (unpaired) electrons. The maximum atomic E-state index is 10.5. The normalized spacial score (nSPS) is 11.5. The molecule has 0 aliphatic heterocycles. The molecule has 0 fully saturated rings. The molecule has 0 aromatic carbocycles. The zero-order valence-electron chi connectivity index (χ0n) is 6.79. The first-order valence-corrected chi connectivity index (χ1v) is 3.33. The Morgan fingerprint density at radius 3 is 2.55 bits per heavy atom. The molecule has 4 nitrogen and oxygen atoms in total. The number of aromatic nitrogens is 2. The minimum atomic E-state index is -0.641. The van der Waals surface area contributed by atoms with E-state index < -0.39 is 5.41 Å². The van der Waals surface area contributed by atoms with Crippen LogP contribution in [0, 0.1) is 6.92 Å². The number of carbonyl (C=O) groups excluding carboxylic acids is 1. The van der Waals surface area contributed by atoms with E-state index in [9.17, 15) is 4.79 Å². The largest absolute Gasteiger partial charge is 0.340 e. The molecule has 0 N–H and O–H groups in total. The number of nitrogens with zero attached hydrogens (tertiary/aromatic N) is 2. The van der Waals surface area contributed by atoms with Crippen molar-refractivity contribution >= 4 is 6.29 Å². The summed E-state index contributed by atoms with van der Waals surface area (Å²) in [6.07, 6.45) is 0.803. The maximum Gasteiger partial charge on any atom is 0.223 e. The van der Waals surface area contributed by atoms with Gasteiger partial charge < -0.3 is 9.32 Å². The second-order valence-electron chi connectivity index (χ2n) is 2.98. The molecular formula is C7H10N2O2. The monoisotopic (exact) mass is 154 g/mol. The van der Waals surface area contributed by atoms with Crippen LogP contribution in [0.5, 0.6) is 0 Å². The van der Waals surface area contributed by atoms with Crippen LogP contribution in [0.4, 0.5) is 0 Å². The van der Waals surface area contributed by atoms with Gasteiger partial charge in [-0.15, -0.1) is 0 Å². The van der Waals surface area contributed by atoms with E-state index in [1.54, 1.807) is 20.8 Å². The van der Waals surface area contributed by atoms with Crippen LogP contribution in [0.25, 0.3) is 0 Å². The third kappa shape index (κ3) is 1.45. The molecule has 0 amide bonds. The summed E-state index contributed by atoms with van der Waals surface area (Å²) in [5.74, 6) is 0.917. The zero-order valence-corrected chi connectivity index (χ0v) is 6.79. The highest BCUT2D eigenvalue weighted by molar-refractivity contribution is 5.64. The van der Waals surface area contributed by atoms with E-state index in [1.807, 2.05) is 0 Å². The highest BCUT2D eigenvalue weighted by Gasteiger charge is 2.25. The Balaban J connectivity index is 3.01. The molecule has 1 heterocycles. The lowest BCUT2D eigenvalue weighted by Gasteiger charge is -2.08. The topological polar surface area (TPSA) is 56.0 Å². The van der Waals surface area contributed by atoms with Gasteiger partial charge in [-0.3, -0.25) is 0 Å². The van der Waals surface area contributed by atoms with Gasteiger partial charge in [0.15, 0.2) is 5.82 Å². The van der Waals surface area contributed by atoms with E-state index in [0.717, 1.165) is 6.29 Å². The molecule has 11 heavy (non-hydrogen) atoms. The van der Waals surface area contributed by atoms with Crippen molar-refractivity contribution in [1.82, 2.24) is 10.1 Å². The molecular weight excluding hydrogens is 144 g/mol. The summed E-state index contributed by atoms with van der Waals surface area (Å²) in [5.41, 5.74) is -0.641. The van der Waals surface area contributed by atoms with E-state index in [1.165, 1.54) is 0 Å². The molecule has 1 rings (SSSR count). The van der Waals surface area contributed by atoms with Gasteiger partial charge in [-0.25, -0.2) is 0 Å². The minimum absolute atomic E-state index is 0.435. The molecule has 0 unspecified atom stereocenters. The molecule has 0 bridgehead atoms. The van der Waals surface area contributed by atoms with Crippen LogP contribution >= 0.6 is 0 Å². The van der Waals surface area contributed by atoms with Crippen LogP contribution in [-0.2, 0) is 10.2 Å². The predicted molar refractivity (Wildman–Crippen MR) is 38.1 cm³/mol. The Labute approximate surface area is 64.6 Å². The number of carbonyl (C=O) groups is 1. The average Bonchev–Trinajstić information content (AvgIpc) is 2.36. The number of hydrogen-bond acceptors (Lipinski definition) is 4. The van der Waals surface area contributed by atoms with Gasteiger partial charge in [0, 0.05) is 6.92 Å². The predicted octanol–water partition coefficient (Wildman–Crippen LogP) is 0.855. The Kier molecular flexibility index (Phi) is 1.76. The second-order valence-corrected chi connectivity index (χ2v) is 2.98. The lowest BCUT2D eigenvalue weighted by molar-refractivity contribution is -0.111. The average molecular weight is 154 g/mol. The summed E-state index contributed by atoms with van der Waals surface area (Å²) < 4.78 is 4.73. The fourth-order valence-corrected chi connectivity index (χ4v) is 0.614. The number of aldehydes is 1. The maximum absolute atomic E-state index is 10.5. The van der Waals surface area contributed by atoms with Crippen molar-refractivity contribution in [1.29, 1.82) is 0 Å². The summed E-state index contributed by atoms with van der Waals surface area (Å²) in [7, 11) is 0. The van der Waals surface area contributed by atoms with Gasteiger partial charge in [0.05, 0.1) is 5.41 Å². The van der Waals surface area contributed by atoms with Crippen LogP contribution in [0.1, 0.15) is 25.6 Å². The molecule has 1 aromatic rings. The third-order valence-electron chi connectivity index (χ3n) is 1.40. The molecule has 1 aromatic heterocycles. The fourth-order valence-electron chi connectivity index (χ4n) is 0.614. The molecule has 0 saturated heterocycles. The van der Waals surface area contributed by atoms with E-state index in [0.29, 0.717) is 11.7 Å². The summed E-state index contributed by atoms with van der Waals surface area (Å²) >= 11 is 0. The fraction of sp³-hybridized carbons (Fsp3) is 0.571. The van der Waals surface area contributed by atoms with Crippen molar-refractivity contribution in [2.75, 3.05) is 0 Å². The summed E-state index contributed by atoms with van der Waals surface area (Å²) in [6, 6.07) is 0. The Morgan fingerprint density at radius 1 is 1.55 bits per heavy atom. The SMILES string of the molecule is Cc1nc(C(C)(C)C=O)no1. The van der Waals surface area contributed by atoms with Gasteiger partial charge in [0.25, 0.3) is 0 Å². The third-order valence-corrected chi connectivity index (χ3v) is 1.40. The first kappa shape index (κ1) is 7.91. The van der Waals surface area contributed by atoms with Gasteiger partial charge >= 0.3 is 0 Å². The molecule has 0 atom stereocenters. The number of aryl methyl sites for hydroxylation is 1. The van der Waals surface area contributed by atoms with Crippen LogP contribution in [0.15, 0.2) is 4.52 Å². The highest BCUT2D eigenvalue weighted by atomic mass is 16.5. The standard InChI is InChI=1S/C7H10N2O2/c1-5-8-6(9-11-5)7(2,3)4-10/h4H,1-3H3. The number of hydrogen-bond donors (Lipinski definition) is 0. The first-order chi connectivity index (χ1) is 5.06. The van der Waals surface area contributed by atoms with Crippen molar-refractivity contribution in [2.24, 2.45) is 0 Å². The van der Waals surface area contributed by atoms with Crippen molar-refractivity contribution < 1.29 is 9.32 Å². The van der Waals surface area contributed by atoms with Crippen molar-refractivity contribution in [2.45, 2.75) is 26.2 Å². The second kappa shape index (κ2) is 2.45. The van der Waals surface area contributed by atoms with Crippen molar-refractivity contribution in [3.63, 3.8) is 0 Å². The van der Waals surface area contributed by atoms with Crippen LogP contribution in [-0.4, -0.2) is 16.4 Å². The van der Waals surface area contributed by atoms with Gasteiger partial charge in [-0.05, 0) is 13.8 Å². The van der Waals surface area contributed by atoms with Crippen molar-refractivity contribution in [3.05, 3.63) is 11.7 Å². The number of rotatable bonds is 2. The quantitative estimate of drug-likeness (QED) is 0.592. The van der Waals surface area contributed by atoms with Crippen molar-refractivity contribution in [3.8, 4) is 0 Å². The van der Waals surface area contributed by atoms with Gasteiger partial charge in [0.2, 0.25) is 5.89 Å². The molecule has 0 spiro atoms. The highest BCUT2D eigenvalue weighted by Crippen LogP contribution is 2.16. The van der Waals surface area contributed by atoms with Crippen LogP contribution < -0.4 is 0 Å². The lowest BCUT2D eigenvalue weighted by atomic mass is 9.95. The Bertz CT molecular complexity index is 265. The van der Waals surface area contributed by atoms with Gasteiger partial charge in [-0.2, -0.15) is 4.98 Å². The van der Waals surface area contributed by atoms with Gasteiger partial charge in [0.1, 0.15) is 6.29 Å². The van der Waals surface area contributed by atoms with E-state index in [2.05, 4.69) is 10.1 Å². The smallest absolute Gasteiger partial charge is 0.223 e. The Morgan fingerprint density at radius 2 is 2.18 bits per heavy atom. The molecule has 4 heteroatoms. The minimum Gasteiger partial charge on any atom is -0.340 e. The Hall–Kier alpha value is -1.19. The van der Waals surface area contributed by atoms with E-state index in [4.69, 9.17) is 4.52 Å². The molecule has 60 valence electrons. The molecule has 0 aliphatic rings. The lowest BCUT2D eigenvalue weighted by Crippen LogP contribution is -2.20. The summed E-state index contributed by atoms with van der Waals surface area (Å²) in [4.78, 5) is 14.5. The zero-order chi connectivity index (χ0) is 8.48. The summed E-state index contributed by atoms with van der Waals surface area (Å²) in [5, 5.41) is 3.64. The molecule has 0 aliphatic carbocycles. The van der Waals surface area contributed by atoms with E-state index in [-0.39, 0.29) is 0 Å². The van der Waals surface area contributed by atoms with Gasteiger partial charge in [-0.1, -0.05) is 5.16 Å². The van der Waals surface area contributed by atoms with E-state index >= 15 is 0 Å². The first-order valence-electron chi connectivity index (χ1n) is 3.33.